The zero-order chi connectivity index (χ0) is 30.1. The fraction of sp³-hybridized carbons (Fsp3) is 0.367. The number of carbonyl (C=O) groups excluding carboxylic acids is 1. The molecular weight excluding hydrogens is 617 g/mol. The maximum Gasteiger partial charge on any atom is 0.240 e. The molecule has 12 heteroatoms. The molecule has 0 saturated carbocycles. The highest BCUT2D eigenvalue weighted by atomic mass is 35.5. The van der Waals surface area contributed by atoms with E-state index in [9.17, 15) is 21.6 Å². The predicted octanol–water partition coefficient (Wildman–Crippen LogP) is 4.41. The summed E-state index contributed by atoms with van der Waals surface area (Å²) in [4.78, 5) is 15.6. The van der Waals surface area contributed by atoms with Crippen LogP contribution in [0.5, 0.6) is 0 Å². The van der Waals surface area contributed by atoms with Crippen molar-refractivity contribution in [3.63, 3.8) is 0 Å². The smallest absolute Gasteiger partial charge is 0.240 e. The average molecular weight is 651 g/mol. The lowest BCUT2D eigenvalue weighted by atomic mass is 9.74. The lowest BCUT2D eigenvalue weighted by Gasteiger charge is -2.41. The summed E-state index contributed by atoms with van der Waals surface area (Å²) in [5.74, 6) is -0.947. The maximum atomic E-state index is 13.9. The Bertz CT molecular complexity index is 1680. The molecule has 224 valence electrons. The van der Waals surface area contributed by atoms with E-state index in [1.807, 2.05) is 54.6 Å². The summed E-state index contributed by atoms with van der Waals surface area (Å²) in [6.07, 6.45) is 2.36. The van der Waals surface area contributed by atoms with Gasteiger partial charge in [-0.3, -0.25) is 9.10 Å². The molecule has 2 aliphatic rings. The number of hydrogen-bond acceptors (Lipinski definition) is 6. The number of nitrogens with zero attached hydrogens (tertiary/aromatic N) is 2. The number of para-hydroxylation sites is 1. The minimum absolute atomic E-state index is 0.268. The molecule has 1 fully saturated rings. The van der Waals surface area contributed by atoms with Crippen molar-refractivity contribution in [2.45, 2.75) is 36.6 Å². The Morgan fingerprint density at radius 2 is 1.57 bits per heavy atom. The van der Waals surface area contributed by atoms with Gasteiger partial charge in [-0.25, -0.2) is 16.8 Å². The molecular formula is C30H33Cl2N3O5S2. The molecule has 0 bridgehead atoms. The first-order valence-electron chi connectivity index (χ1n) is 13.6. The molecule has 2 heterocycles. The van der Waals surface area contributed by atoms with Crippen LogP contribution in [0.4, 0.5) is 5.69 Å². The summed E-state index contributed by atoms with van der Waals surface area (Å²) in [7, 11) is -7.18. The molecule has 0 aliphatic carbocycles. The highest BCUT2D eigenvalue weighted by Crippen LogP contribution is 2.47. The average Bonchev–Trinajstić information content (AvgIpc) is 3.28. The largest absolute Gasteiger partial charge is 0.341 e. The molecule has 2 aliphatic heterocycles. The van der Waals surface area contributed by atoms with Gasteiger partial charge in [0.05, 0.1) is 33.5 Å². The van der Waals surface area contributed by atoms with Gasteiger partial charge in [0.1, 0.15) is 6.04 Å². The van der Waals surface area contributed by atoms with Gasteiger partial charge in [0.25, 0.3) is 0 Å². The number of hydrogen-bond donors (Lipinski definition) is 1. The number of sulfone groups is 1. The van der Waals surface area contributed by atoms with Crippen molar-refractivity contribution in [1.82, 2.24) is 10.2 Å². The number of halogens is 2. The number of benzene rings is 3. The van der Waals surface area contributed by atoms with Crippen LogP contribution in [0.3, 0.4) is 0 Å². The van der Waals surface area contributed by atoms with Crippen LogP contribution in [0, 0.1) is 0 Å². The second-order valence-corrected chi connectivity index (χ2v) is 15.9. The summed E-state index contributed by atoms with van der Waals surface area (Å²) in [6.45, 7) is 1.44. The molecule has 0 unspecified atom stereocenters. The van der Waals surface area contributed by atoms with Gasteiger partial charge < -0.3 is 10.2 Å². The number of amides is 1. The van der Waals surface area contributed by atoms with E-state index in [4.69, 9.17) is 23.2 Å². The van der Waals surface area contributed by atoms with Crippen LogP contribution in [-0.4, -0.2) is 65.3 Å². The van der Waals surface area contributed by atoms with Crippen LogP contribution >= 0.6 is 23.2 Å². The molecule has 1 atom stereocenters. The van der Waals surface area contributed by atoms with Crippen molar-refractivity contribution < 1.29 is 21.6 Å². The van der Waals surface area contributed by atoms with Crippen molar-refractivity contribution >= 4 is 54.7 Å². The third-order valence-corrected chi connectivity index (χ3v) is 11.6. The number of carbonyl (C=O) groups is 1. The van der Waals surface area contributed by atoms with Gasteiger partial charge in [-0.05, 0) is 47.7 Å². The van der Waals surface area contributed by atoms with Gasteiger partial charge in [-0.1, -0.05) is 77.8 Å². The summed E-state index contributed by atoms with van der Waals surface area (Å²) in [6, 6.07) is 20.8. The van der Waals surface area contributed by atoms with E-state index < -0.39 is 31.3 Å². The highest BCUT2D eigenvalue weighted by Gasteiger charge is 2.48. The zero-order valence-electron chi connectivity index (χ0n) is 23.2. The molecule has 3 aromatic carbocycles. The molecule has 1 amide bonds. The minimum Gasteiger partial charge on any atom is -0.341 e. The summed E-state index contributed by atoms with van der Waals surface area (Å²) < 4.78 is 53.2. The van der Waals surface area contributed by atoms with Crippen molar-refractivity contribution in [1.29, 1.82) is 0 Å². The number of sulfonamides is 1. The van der Waals surface area contributed by atoms with Gasteiger partial charge in [0.15, 0.2) is 9.84 Å². The Morgan fingerprint density at radius 3 is 2.24 bits per heavy atom. The second-order valence-electron chi connectivity index (χ2n) is 11.1. The number of piperidine rings is 1. The maximum absolute atomic E-state index is 13.9. The molecule has 1 saturated heterocycles. The third-order valence-electron chi connectivity index (χ3n) is 8.11. The first-order valence-corrected chi connectivity index (χ1v) is 18.1. The van der Waals surface area contributed by atoms with Crippen LogP contribution < -0.4 is 9.62 Å². The SMILES string of the molecule is CS(=O)(=O)N1CC2(CCN(C(=O)[C@H](CS(=O)(=O)Cc3ccc(Cl)c(Cl)c3)NCc3ccccc3)CC2)c2ccccc21. The number of nitrogens with one attached hydrogen (secondary N) is 1. The van der Waals surface area contributed by atoms with E-state index in [-0.39, 0.29) is 22.4 Å². The van der Waals surface area contributed by atoms with Crippen molar-refractivity contribution in [3.05, 3.63) is 99.5 Å². The quantitative estimate of drug-likeness (QED) is 0.368. The van der Waals surface area contributed by atoms with Gasteiger partial charge in [-0.15, -0.1) is 0 Å². The van der Waals surface area contributed by atoms with Crippen LogP contribution in [0.15, 0.2) is 72.8 Å². The Hall–Kier alpha value is -2.63. The van der Waals surface area contributed by atoms with Crippen LogP contribution in [-0.2, 0) is 42.4 Å². The fourth-order valence-corrected chi connectivity index (χ4v) is 8.83. The normalized spacial score (nSPS) is 17.3. The van der Waals surface area contributed by atoms with E-state index in [1.54, 1.807) is 17.0 Å². The van der Waals surface area contributed by atoms with Crippen molar-refractivity contribution in [3.8, 4) is 0 Å². The number of likely N-dealkylation sites (tertiary alicyclic amines) is 1. The first-order chi connectivity index (χ1) is 19.9. The number of rotatable bonds is 9. The monoisotopic (exact) mass is 649 g/mol. The van der Waals surface area contributed by atoms with Crippen molar-refractivity contribution in [2.24, 2.45) is 0 Å². The zero-order valence-corrected chi connectivity index (χ0v) is 26.3. The van der Waals surface area contributed by atoms with E-state index in [0.717, 1.165) is 11.1 Å². The lowest BCUT2D eigenvalue weighted by molar-refractivity contribution is -0.134. The Labute approximate surface area is 257 Å². The lowest BCUT2D eigenvalue weighted by Crippen LogP contribution is -2.54. The van der Waals surface area contributed by atoms with Gasteiger partial charge >= 0.3 is 0 Å². The standard InChI is InChI=1S/C30H33Cl2N3O5S2/c1-41(37,38)35-21-30(24-9-5-6-10-28(24)35)13-15-34(16-14-30)29(36)27(33-18-22-7-3-2-4-8-22)20-42(39,40)19-23-11-12-25(31)26(32)17-23/h2-12,17,27,33H,13-16,18-21H2,1H3/t27-/m0/s1. The molecule has 1 N–H and O–H groups in total. The van der Waals surface area contributed by atoms with E-state index in [1.165, 1.54) is 16.6 Å². The molecule has 0 radical (unpaired) electrons. The highest BCUT2D eigenvalue weighted by molar-refractivity contribution is 7.92. The topological polar surface area (TPSA) is 104 Å². The van der Waals surface area contributed by atoms with Gasteiger partial charge in [-0.2, -0.15) is 0 Å². The Kier molecular flexibility index (Phi) is 8.93. The molecule has 5 rings (SSSR count). The van der Waals surface area contributed by atoms with Crippen LogP contribution in [0.2, 0.25) is 10.0 Å². The number of fused-ring (bicyclic) bond motifs is 2. The number of anilines is 1. The van der Waals surface area contributed by atoms with Crippen LogP contribution in [0.1, 0.15) is 29.5 Å². The molecule has 0 aromatic heterocycles. The van der Waals surface area contributed by atoms with E-state index in [2.05, 4.69) is 5.32 Å². The minimum atomic E-state index is -3.72. The summed E-state index contributed by atoms with van der Waals surface area (Å²) >= 11 is 12.1. The Morgan fingerprint density at radius 1 is 0.905 bits per heavy atom. The van der Waals surface area contributed by atoms with Crippen LogP contribution in [0.25, 0.3) is 0 Å². The van der Waals surface area contributed by atoms with Gasteiger partial charge in [0.2, 0.25) is 15.9 Å². The molecule has 8 nitrogen and oxygen atoms in total. The fourth-order valence-electron chi connectivity index (χ4n) is 5.93. The first kappa shape index (κ1) is 30.8. The molecule has 3 aromatic rings. The predicted molar refractivity (Wildman–Crippen MR) is 167 cm³/mol. The van der Waals surface area contributed by atoms with E-state index in [0.29, 0.717) is 55.3 Å². The van der Waals surface area contributed by atoms with E-state index >= 15 is 0 Å². The van der Waals surface area contributed by atoms with Gasteiger partial charge in [0, 0.05) is 31.6 Å². The van der Waals surface area contributed by atoms with Crippen molar-refractivity contribution in [2.75, 3.05) is 35.9 Å². The molecule has 42 heavy (non-hydrogen) atoms. The summed E-state index contributed by atoms with van der Waals surface area (Å²) in [5.41, 5.74) is 2.69. The third kappa shape index (κ3) is 6.78. The molecule has 1 spiro atoms. The summed E-state index contributed by atoms with van der Waals surface area (Å²) in [5, 5.41) is 3.80. The second kappa shape index (κ2) is 12.2. The Balaban J connectivity index is 1.33.